The van der Waals surface area contributed by atoms with Crippen LogP contribution in [0.15, 0.2) is 35.2 Å². The highest BCUT2D eigenvalue weighted by Gasteiger charge is 2.36. The topological polar surface area (TPSA) is 85.2 Å². The fourth-order valence-corrected chi connectivity index (χ4v) is 4.91. The van der Waals surface area contributed by atoms with E-state index >= 15 is 0 Å². The van der Waals surface area contributed by atoms with Crippen LogP contribution in [0.1, 0.15) is 39.5 Å². The van der Waals surface area contributed by atoms with Crippen molar-refractivity contribution in [1.29, 1.82) is 5.26 Å². The molecule has 1 aliphatic heterocycles. The van der Waals surface area contributed by atoms with Gasteiger partial charge in [0, 0.05) is 60.5 Å². The number of halogens is 4. The number of piperazine rings is 1. The Bertz CT molecular complexity index is 1130. The average Bonchev–Trinajstić information content (AvgIpc) is 2.82. The molecule has 182 valence electrons. The third-order valence-corrected chi connectivity index (χ3v) is 7.15. The van der Waals surface area contributed by atoms with E-state index in [-0.39, 0.29) is 29.8 Å². The molecule has 1 saturated heterocycles. The Morgan fingerprint density at radius 3 is 2.59 bits per heavy atom. The Morgan fingerprint density at radius 1 is 1.26 bits per heavy atom. The van der Waals surface area contributed by atoms with E-state index in [0.29, 0.717) is 47.4 Å². The summed E-state index contributed by atoms with van der Waals surface area (Å²) in [4.78, 5) is 15.1. The van der Waals surface area contributed by atoms with E-state index < -0.39 is 28.4 Å². The Kier molecular flexibility index (Phi) is 8.71. The van der Waals surface area contributed by atoms with Crippen molar-refractivity contribution >= 4 is 28.3 Å². The second kappa shape index (κ2) is 11.3. The second-order valence-electron chi connectivity index (χ2n) is 7.75. The normalized spacial score (nSPS) is 15.5. The van der Waals surface area contributed by atoms with Crippen LogP contribution in [0.25, 0.3) is 0 Å². The number of benzene rings is 2. The van der Waals surface area contributed by atoms with Gasteiger partial charge in [0.2, 0.25) is 0 Å². The summed E-state index contributed by atoms with van der Waals surface area (Å²) >= 11 is 6.02. The quantitative estimate of drug-likeness (QED) is 0.591. The monoisotopic (exact) mass is 512 g/mol. The van der Waals surface area contributed by atoms with Gasteiger partial charge in [-0.15, -0.1) is 0 Å². The van der Waals surface area contributed by atoms with E-state index in [1.165, 1.54) is 6.07 Å². The lowest BCUT2D eigenvalue weighted by molar-refractivity contribution is -0.138. The lowest BCUT2D eigenvalue weighted by Crippen LogP contribution is -2.43. The molecule has 1 fully saturated rings. The van der Waals surface area contributed by atoms with E-state index in [0.717, 1.165) is 6.07 Å². The molecule has 34 heavy (non-hydrogen) atoms. The molecule has 2 aromatic rings. The largest absolute Gasteiger partial charge is 0.416 e. The molecule has 1 amide bonds. The minimum Gasteiger partial charge on any atom is -0.348 e. The average molecular weight is 513 g/mol. The zero-order valence-corrected chi connectivity index (χ0v) is 20.0. The van der Waals surface area contributed by atoms with Gasteiger partial charge < -0.3 is 10.6 Å². The highest BCUT2D eigenvalue weighted by Crippen LogP contribution is 2.35. The lowest BCUT2D eigenvalue weighted by Gasteiger charge is -2.28. The predicted octanol–water partition coefficient (Wildman–Crippen LogP) is 3.69. The maximum atomic E-state index is 13.9. The SMILES string of the molecule is CCS(=O)c1ccc(Cl)cc1CNC(=O)c1cc(C#N)c(CN2CCNCC2)c(C(F)(F)F)c1. The highest BCUT2D eigenvalue weighted by atomic mass is 35.5. The molecule has 0 saturated carbocycles. The van der Waals surface area contributed by atoms with Gasteiger partial charge in [0.25, 0.3) is 5.91 Å². The summed E-state index contributed by atoms with van der Waals surface area (Å²) in [6, 6.07) is 8.54. The molecule has 1 aliphatic rings. The number of alkyl halides is 3. The van der Waals surface area contributed by atoms with E-state index in [9.17, 15) is 27.4 Å². The number of nitrogens with one attached hydrogen (secondary N) is 2. The van der Waals surface area contributed by atoms with Crippen molar-refractivity contribution in [3.8, 4) is 6.07 Å². The first-order valence-electron chi connectivity index (χ1n) is 10.7. The highest BCUT2D eigenvalue weighted by molar-refractivity contribution is 7.85. The molecule has 1 heterocycles. The fraction of sp³-hybridized carbons (Fsp3) is 0.391. The minimum atomic E-state index is -4.73. The first kappa shape index (κ1) is 26.2. The van der Waals surface area contributed by atoms with Gasteiger partial charge in [0.05, 0.1) is 28.0 Å². The zero-order chi connectivity index (χ0) is 24.9. The van der Waals surface area contributed by atoms with Gasteiger partial charge in [0.15, 0.2) is 0 Å². The van der Waals surface area contributed by atoms with Crippen LogP contribution in [-0.2, 0) is 30.1 Å². The van der Waals surface area contributed by atoms with Crippen molar-refractivity contribution < 1.29 is 22.2 Å². The van der Waals surface area contributed by atoms with Crippen LogP contribution in [0.2, 0.25) is 5.02 Å². The molecule has 0 aromatic heterocycles. The van der Waals surface area contributed by atoms with Gasteiger partial charge in [-0.3, -0.25) is 13.9 Å². The van der Waals surface area contributed by atoms with Gasteiger partial charge in [-0.05, 0) is 41.5 Å². The first-order valence-corrected chi connectivity index (χ1v) is 12.4. The van der Waals surface area contributed by atoms with Crippen molar-refractivity contribution in [2.24, 2.45) is 0 Å². The van der Waals surface area contributed by atoms with E-state index in [1.54, 1.807) is 25.1 Å². The summed E-state index contributed by atoms with van der Waals surface area (Å²) in [6.45, 7) is 4.06. The molecule has 2 N–H and O–H groups in total. The molecule has 2 aromatic carbocycles. The fourth-order valence-electron chi connectivity index (χ4n) is 3.76. The third kappa shape index (κ3) is 6.36. The third-order valence-electron chi connectivity index (χ3n) is 5.50. The Balaban J connectivity index is 1.90. The van der Waals surface area contributed by atoms with Crippen LogP contribution in [0, 0.1) is 11.3 Å². The first-order chi connectivity index (χ1) is 16.1. The molecular formula is C23H24ClF3N4O2S. The molecule has 1 unspecified atom stereocenters. The predicted molar refractivity (Wildman–Crippen MR) is 124 cm³/mol. The molecule has 0 bridgehead atoms. The molecule has 1 atom stereocenters. The standard InChI is InChI=1S/C23H24ClF3N4O2S/c1-2-34(33)21-4-3-18(24)10-17(21)13-30-22(32)15-9-16(12-28)19(20(11-15)23(25,26)27)14-31-7-5-29-6-8-31/h3-4,9-11,29H,2,5-8,13-14H2,1H3,(H,30,32). The van der Waals surface area contributed by atoms with Crippen molar-refractivity contribution in [2.45, 2.75) is 31.1 Å². The summed E-state index contributed by atoms with van der Waals surface area (Å²) in [5.74, 6) is -0.415. The number of amides is 1. The summed E-state index contributed by atoms with van der Waals surface area (Å²) in [6.07, 6.45) is -4.73. The van der Waals surface area contributed by atoms with Crippen LogP contribution in [0.5, 0.6) is 0 Å². The van der Waals surface area contributed by atoms with Crippen LogP contribution in [-0.4, -0.2) is 46.9 Å². The van der Waals surface area contributed by atoms with Gasteiger partial charge in [-0.2, -0.15) is 18.4 Å². The van der Waals surface area contributed by atoms with Gasteiger partial charge in [0.1, 0.15) is 0 Å². The summed E-state index contributed by atoms with van der Waals surface area (Å²) in [7, 11) is -1.31. The molecule has 0 aliphatic carbocycles. The Labute approximate surface area is 203 Å². The zero-order valence-electron chi connectivity index (χ0n) is 18.5. The number of nitriles is 1. The number of carbonyl (C=O) groups excluding carboxylic acids is 1. The molecular weight excluding hydrogens is 489 g/mol. The van der Waals surface area contributed by atoms with Gasteiger partial charge in [-0.1, -0.05) is 18.5 Å². The van der Waals surface area contributed by atoms with Crippen molar-refractivity contribution in [2.75, 3.05) is 31.9 Å². The van der Waals surface area contributed by atoms with Crippen molar-refractivity contribution in [3.05, 3.63) is 63.2 Å². The number of carbonyl (C=O) groups is 1. The van der Waals surface area contributed by atoms with Crippen LogP contribution in [0.3, 0.4) is 0 Å². The smallest absolute Gasteiger partial charge is 0.348 e. The van der Waals surface area contributed by atoms with Gasteiger partial charge in [-0.25, -0.2) is 0 Å². The molecule has 0 radical (unpaired) electrons. The summed E-state index contributed by atoms with van der Waals surface area (Å²) in [5, 5.41) is 15.7. The molecule has 11 heteroatoms. The number of hydrogen-bond donors (Lipinski definition) is 2. The van der Waals surface area contributed by atoms with E-state index in [2.05, 4.69) is 10.6 Å². The maximum absolute atomic E-state index is 13.9. The van der Waals surface area contributed by atoms with E-state index in [4.69, 9.17) is 11.6 Å². The summed E-state index contributed by atoms with van der Waals surface area (Å²) in [5.41, 5.74) is -1.08. The number of nitrogens with zero attached hydrogens (tertiary/aromatic N) is 2. The van der Waals surface area contributed by atoms with Crippen molar-refractivity contribution in [3.63, 3.8) is 0 Å². The minimum absolute atomic E-state index is 0.0317. The summed E-state index contributed by atoms with van der Waals surface area (Å²) < 4.78 is 54.0. The number of rotatable bonds is 7. The van der Waals surface area contributed by atoms with Crippen LogP contribution >= 0.6 is 11.6 Å². The Hall–Kier alpha value is -2.45. The van der Waals surface area contributed by atoms with Crippen LogP contribution in [0.4, 0.5) is 13.2 Å². The Morgan fingerprint density at radius 2 is 1.97 bits per heavy atom. The number of hydrogen-bond acceptors (Lipinski definition) is 5. The lowest BCUT2D eigenvalue weighted by atomic mass is 9.96. The van der Waals surface area contributed by atoms with Gasteiger partial charge >= 0.3 is 6.18 Å². The molecule has 0 spiro atoms. The maximum Gasteiger partial charge on any atom is 0.416 e. The van der Waals surface area contributed by atoms with Crippen LogP contribution < -0.4 is 10.6 Å². The molecule has 3 rings (SSSR count). The molecule has 6 nitrogen and oxygen atoms in total. The van der Waals surface area contributed by atoms with E-state index in [1.807, 2.05) is 11.0 Å². The van der Waals surface area contributed by atoms with Crippen molar-refractivity contribution in [1.82, 2.24) is 15.5 Å². The second-order valence-corrected chi connectivity index (χ2v) is 9.90.